The van der Waals surface area contributed by atoms with E-state index in [1.54, 1.807) is 0 Å². The number of nitrogens with one attached hydrogen (secondary N) is 1. The Hall–Kier alpha value is -1.62. The first-order chi connectivity index (χ1) is 6.58. The van der Waals surface area contributed by atoms with Crippen LogP contribution in [-0.4, -0.2) is 0 Å². The Balaban J connectivity index is 2.39. The molecule has 14 heavy (non-hydrogen) atoms. The Morgan fingerprint density at radius 3 is 2.36 bits per heavy atom. The fraction of sp³-hybridized carbons (Fsp3) is 0.333. The van der Waals surface area contributed by atoms with E-state index in [-0.39, 0.29) is 5.41 Å². The van der Waals surface area contributed by atoms with Crippen molar-refractivity contribution in [1.29, 1.82) is 0 Å². The van der Waals surface area contributed by atoms with E-state index in [1.807, 2.05) is 51.1 Å². The number of para-hydroxylation sites is 1. The summed E-state index contributed by atoms with van der Waals surface area (Å²) < 4.78 is 0. The number of rotatable bonds is 2. The highest BCUT2D eigenvalue weighted by molar-refractivity contribution is 5.21. The Morgan fingerprint density at radius 1 is 1.14 bits per heavy atom. The summed E-state index contributed by atoms with van der Waals surface area (Å²) in [5.74, 6) is 3.77. The number of hydroxylamine groups is 1. The fourth-order valence-corrected chi connectivity index (χ4v) is 0.786. The van der Waals surface area contributed by atoms with Crippen LogP contribution in [0.25, 0.3) is 0 Å². The predicted octanol–water partition coefficient (Wildman–Crippen LogP) is 2.58. The summed E-state index contributed by atoms with van der Waals surface area (Å²) >= 11 is 0. The highest BCUT2D eigenvalue weighted by Crippen LogP contribution is 2.09. The van der Waals surface area contributed by atoms with Crippen LogP contribution >= 0.6 is 0 Å². The quantitative estimate of drug-likeness (QED) is 0.438. The maximum atomic E-state index is 5.18. The van der Waals surface area contributed by atoms with Gasteiger partial charge < -0.3 is 4.84 Å². The topological polar surface area (TPSA) is 21.3 Å². The van der Waals surface area contributed by atoms with Crippen LogP contribution < -0.4 is 10.3 Å². The molecule has 0 aliphatic carbocycles. The summed E-state index contributed by atoms with van der Waals surface area (Å²) in [6.07, 6.45) is 0. The van der Waals surface area contributed by atoms with Gasteiger partial charge in [0.15, 0.2) is 5.75 Å². The molecule has 0 atom stereocenters. The van der Waals surface area contributed by atoms with Crippen molar-refractivity contribution >= 4 is 0 Å². The third-order valence-corrected chi connectivity index (χ3v) is 1.40. The molecule has 0 aromatic heterocycles. The van der Waals surface area contributed by atoms with E-state index in [2.05, 4.69) is 17.4 Å². The fourth-order valence-electron chi connectivity index (χ4n) is 0.786. The molecule has 0 heterocycles. The van der Waals surface area contributed by atoms with Gasteiger partial charge in [-0.1, -0.05) is 24.1 Å². The van der Waals surface area contributed by atoms with Gasteiger partial charge in [-0.3, -0.25) is 0 Å². The van der Waals surface area contributed by atoms with Crippen molar-refractivity contribution in [2.24, 2.45) is 5.41 Å². The Kier molecular flexibility index (Phi) is 3.41. The SMILES string of the molecule is CC(C)(C)C#CNOc1ccccc1. The minimum absolute atomic E-state index is 0.00690. The van der Waals surface area contributed by atoms with Crippen LogP contribution in [0.4, 0.5) is 0 Å². The molecule has 0 radical (unpaired) electrons. The van der Waals surface area contributed by atoms with Crippen molar-refractivity contribution < 1.29 is 4.84 Å². The summed E-state index contributed by atoms with van der Waals surface area (Å²) in [6.45, 7) is 6.14. The van der Waals surface area contributed by atoms with E-state index in [4.69, 9.17) is 4.84 Å². The van der Waals surface area contributed by atoms with Crippen LogP contribution in [0.3, 0.4) is 0 Å². The van der Waals surface area contributed by atoms with Crippen LogP contribution in [0.2, 0.25) is 0 Å². The molecule has 1 aromatic rings. The van der Waals surface area contributed by atoms with Gasteiger partial charge in [0, 0.05) is 11.5 Å². The second kappa shape index (κ2) is 4.57. The minimum Gasteiger partial charge on any atom is -0.374 e. The molecule has 1 aromatic carbocycles. The molecule has 0 bridgehead atoms. The first-order valence-electron chi connectivity index (χ1n) is 4.57. The molecular weight excluding hydrogens is 174 g/mol. The lowest BCUT2D eigenvalue weighted by Gasteiger charge is -2.07. The zero-order chi connectivity index (χ0) is 10.4. The van der Waals surface area contributed by atoms with E-state index < -0.39 is 0 Å². The summed E-state index contributed by atoms with van der Waals surface area (Å²) in [5, 5.41) is 0. The molecule has 0 fully saturated rings. The summed E-state index contributed by atoms with van der Waals surface area (Å²) in [6, 6.07) is 12.2. The molecule has 0 spiro atoms. The summed E-state index contributed by atoms with van der Waals surface area (Å²) in [4.78, 5) is 5.18. The third kappa shape index (κ3) is 4.42. The first kappa shape index (κ1) is 10.5. The van der Waals surface area contributed by atoms with Crippen LogP contribution in [0.15, 0.2) is 30.3 Å². The van der Waals surface area contributed by atoms with Gasteiger partial charge in [-0.15, -0.1) is 0 Å². The van der Waals surface area contributed by atoms with Crippen molar-refractivity contribution in [2.75, 3.05) is 0 Å². The third-order valence-electron chi connectivity index (χ3n) is 1.40. The van der Waals surface area contributed by atoms with E-state index in [0.717, 1.165) is 5.75 Å². The van der Waals surface area contributed by atoms with Gasteiger partial charge in [0.05, 0.1) is 0 Å². The molecule has 2 heteroatoms. The lowest BCUT2D eigenvalue weighted by molar-refractivity contribution is 0.252. The average Bonchev–Trinajstić information content (AvgIpc) is 2.13. The maximum absolute atomic E-state index is 5.18. The predicted molar refractivity (Wildman–Crippen MR) is 57.4 cm³/mol. The highest BCUT2D eigenvalue weighted by atomic mass is 16.6. The number of hydrogen-bond acceptors (Lipinski definition) is 2. The highest BCUT2D eigenvalue weighted by Gasteiger charge is 2.02. The van der Waals surface area contributed by atoms with Gasteiger partial charge in [-0.05, 0) is 32.9 Å². The lowest BCUT2D eigenvalue weighted by Crippen LogP contribution is -2.12. The Bertz CT molecular complexity index is 327. The van der Waals surface area contributed by atoms with Crippen LogP contribution in [0.1, 0.15) is 20.8 Å². The maximum Gasteiger partial charge on any atom is 0.155 e. The molecule has 0 saturated carbocycles. The Labute approximate surface area is 85.2 Å². The zero-order valence-corrected chi connectivity index (χ0v) is 8.79. The lowest BCUT2D eigenvalue weighted by atomic mass is 9.99. The standard InChI is InChI=1S/C12H15NO/c1-12(2,3)9-10-13-14-11-7-5-4-6-8-11/h4-8,13H,1-3H3. The molecule has 0 amide bonds. The van der Waals surface area contributed by atoms with Crippen molar-refractivity contribution in [1.82, 2.24) is 5.48 Å². The zero-order valence-electron chi connectivity index (χ0n) is 8.79. The van der Waals surface area contributed by atoms with Gasteiger partial charge in [0.2, 0.25) is 0 Å². The van der Waals surface area contributed by atoms with Crippen molar-refractivity contribution in [3.05, 3.63) is 30.3 Å². The van der Waals surface area contributed by atoms with Crippen LogP contribution in [-0.2, 0) is 0 Å². The molecular formula is C12H15NO. The van der Waals surface area contributed by atoms with E-state index in [9.17, 15) is 0 Å². The number of benzene rings is 1. The van der Waals surface area contributed by atoms with Gasteiger partial charge in [-0.25, -0.2) is 0 Å². The summed E-state index contributed by atoms with van der Waals surface area (Å²) in [7, 11) is 0. The van der Waals surface area contributed by atoms with Gasteiger partial charge in [0.25, 0.3) is 0 Å². The first-order valence-corrected chi connectivity index (χ1v) is 4.57. The molecule has 2 nitrogen and oxygen atoms in total. The largest absolute Gasteiger partial charge is 0.374 e. The molecule has 0 saturated heterocycles. The van der Waals surface area contributed by atoms with E-state index in [0.29, 0.717) is 0 Å². The molecule has 0 aliphatic rings. The second-order valence-electron chi connectivity index (χ2n) is 4.02. The summed E-state index contributed by atoms with van der Waals surface area (Å²) in [5.41, 5.74) is 2.59. The Morgan fingerprint density at radius 2 is 1.79 bits per heavy atom. The van der Waals surface area contributed by atoms with Gasteiger partial charge >= 0.3 is 0 Å². The van der Waals surface area contributed by atoms with E-state index >= 15 is 0 Å². The molecule has 0 aliphatic heterocycles. The molecule has 74 valence electrons. The van der Waals surface area contributed by atoms with Crippen molar-refractivity contribution in [3.63, 3.8) is 0 Å². The normalized spacial score (nSPS) is 9.93. The smallest absolute Gasteiger partial charge is 0.155 e. The van der Waals surface area contributed by atoms with Gasteiger partial charge in [0.1, 0.15) is 0 Å². The molecule has 1 N–H and O–H groups in total. The van der Waals surface area contributed by atoms with Crippen molar-refractivity contribution in [3.8, 4) is 17.7 Å². The molecule has 0 unspecified atom stereocenters. The van der Waals surface area contributed by atoms with Crippen molar-refractivity contribution in [2.45, 2.75) is 20.8 Å². The molecule has 1 rings (SSSR count). The van der Waals surface area contributed by atoms with E-state index in [1.165, 1.54) is 0 Å². The van der Waals surface area contributed by atoms with Crippen LogP contribution in [0, 0.1) is 17.4 Å². The van der Waals surface area contributed by atoms with Gasteiger partial charge in [-0.2, -0.15) is 5.48 Å². The number of hydrogen-bond donors (Lipinski definition) is 1. The second-order valence-corrected chi connectivity index (χ2v) is 4.02. The van der Waals surface area contributed by atoms with Crippen LogP contribution in [0.5, 0.6) is 5.75 Å². The monoisotopic (exact) mass is 189 g/mol. The minimum atomic E-state index is -0.00690. The average molecular weight is 189 g/mol.